The highest BCUT2D eigenvalue weighted by molar-refractivity contribution is 14.0. The Balaban J connectivity index is 0.00000320. The molecule has 0 unspecified atom stereocenters. The Morgan fingerprint density at radius 2 is 1.97 bits per heavy atom. The average molecular weight is 525 g/mol. The molecule has 30 heavy (non-hydrogen) atoms. The van der Waals surface area contributed by atoms with E-state index in [0.29, 0.717) is 38.6 Å². The molecule has 10 heteroatoms. The number of hydrogen-bond donors (Lipinski definition) is 2. The van der Waals surface area contributed by atoms with Crippen LogP contribution in [0.3, 0.4) is 0 Å². The van der Waals surface area contributed by atoms with E-state index in [2.05, 4.69) is 20.7 Å². The number of aryl methyl sites for hydroxylation is 1. The SMILES string of the molecule is CN=C(NCCC(=O)NCc1ccccc1)N1CCN(c2cnn(C)c2)C(=O)C1.I. The first-order valence-electron chi connectivity index (χ1n) is 9.62. The summed E-state index contributed by atoms with van der Waals surface area (Å²) in [4.78, 5) is 32.5. The number of guanidine groups is 1. The highest BCUT2D eigenvalue weighted by atomic mass is 127. The number of carbonyl (C=O) groups is 2. The second kappa shape index (κ2) is 11.5. The molecule has 162 valence electrons. The lowest BCUT2D eigenvalue weighted by Crippen LogP contribution is -2.55. The molecular formula is C20H28IN7O2. The van der Waals surface area contributed by atoms with Crippen LogP contribution in [0.25, 0.3) is 0 Å². The van der Waals surface area contributed by atoms with Crippen LogP contribution in [0.2, 0.25) is 0 Å². The topological polar surface area (TPSA) is 94.9 Å². The molecule has 0 bridgehead atoms. The second-order valence-corrected chi connectivity index (χ2v) is 6.83. The number of hydrogen-bond acceptors (Lipinski definition) is 4. The number of nitrogens with one attached hydrogen (secondary N) is 2. The number of anilines is 1. The Morgan fingerprint density at radius 3 is 2.60 bits per heavy atom. The van der Waals surface area contributed by atoms with Crippen LogP contribution in [0.15, 0.2) is 47.7 Å². The molecule has 2 amide bonds. The zero-order valence-electron chi connectivity index (χ0n) is 17.2. The van der Waals surface area contributed by atoms with Crippen molar-refractivity contribution < 1.29 is 9.59 Å². The van der Waals surface area contributed by atoms with Crippen LogP contribution in [0.5, 0.6) is 0 Å². The lowest BCUT2D eigenvalue weighted by atomic mass is 10.2. The summed E-state index contributed by atoms with van der Waals surface area (Å²) < 4.78 is 1.68. The lowest BCUT2D eigenvalue weighted by molar-refractivity contribution is -0.121. The molecule has 1 aromatic carbocycles. The fourth-order valence-corrected chi connectivity index (χ4v) is 3.18. The van der Waals surface area contributed by atoms with Gasteiger partial charge in [-0.15, -0.1) is 24.0 Å². The fraction of sp³-hybridized carbons (Fsp3) is 0.400. The summed E-state index contributed by atoms with van der Waals surface area (Å²) in [5, 5.41) is 10.2. The first-order valence-corrected chi connectivity index (χ1v) is 9.62. The second-order valence-electron chi connectivity index (χ2n) is 6.83. The number of halogens is 1. The van der Waals surface area contributed by atoms with Crippen molar-refractivity contribution >= 4 is 47.4 Å². The summed E-state index contributed by atoms with van der Waals surface area (Å²) in [5.41, 5.74) is 1.87. The van der Waals surface area contributed by atoms with Crippen molar-refractivity contribution in [2.24, 2.45) is 12.0 Å². The predicted octanol–water partition coefficient (Wildman–Crippen LogP) is 0.969. The van der Waals surface area contributed by atoms with Gasteiger partial charge in [0, 0.05) is 52.9 Å². The van der Waals surface area contributed by atoms with Crippen molar-refractivity contribution in [2.75, 3.05) is 38.1 Å². The highest BCUT2D eigenvalue weighted by Gasteiger charge is 2.27. The molecule has 0 aliphatic carbocycles. The molecule has 2 aromatic rings. The van der Waals surface area contributed by atoms with Gasteiger partial charge in [0.2, 0.25) is 11.8 Å². The predicted molar refractivity (Wildman–Crippen MR) is 127 cm³/mol. The van der Waals surface area contributed by atoms with Gasteiger partial charge >= 0.3 is 0 Å². The van der Waals surface area contributed by atoms with Gasteiger partial charge in [-0.05, 0) is 5.56 Å². The fourth-order valence-electron chi connectivity index (χ4n) is 3.18. The number of rotatable bonds is 6. The van der Waals surface area contributed by atoms with E-state index in [9.17, 15) is 9.59 Å². The Labute approximate surface area is 193 Å². The molecule has 1 aliphatic rings. The standard InChI is InChI=1S/C20H27N7O2.HI/c1-21-20(22-9-8-18(28)23-12-16-6-4-3-5-7-16)26-10-11-27(19(29)15-26)17-13-24-25(2)14-17;/h3-7,13-14H,8-12,15H2,1-2H3,(H,21,22)(H,23,28);1H. The molecule has 0 atom stereocenters. The minimum Gasteiger partial charge on any atom is -0.356 e. The summed E-state index contributed by atoms with van der Waals surface area (Å²) in [5.74, 6) is 0.585. The van der Waals surface area contributed by atoms with Crippen LogP contribution < -0.4 is 15.5 Å². The highest BCUT2D eigenvalue weighted by Crippen LogP contribution is 2.16. The van der Waals surface area contributed by atoms with Crippen LogP contribution in [-0.2, 0) is 23.2 Å². The molecule has 2 N–H and O–H groups in total. The van der Waals surface area contributed by atoms with Gasteiger partial charge in [-0.25, -0.2) is 0 Å². The molecule has 1 aliphatic heterocycles. The Hall–Kier alpha value is -2.63. The Kier molecular flexibility index (Phi) is 9.09. The number of carbonyl (C=O) groups excluding carboxylic acids is 2. The van der Waals surface area contributed by atoms with E-state index in [0.717, 1.165) is 11.3 Å². The molecule has 1 saturated heterocycles. The van der Waals surface area contributed by atoms with Crippen LogP contribution in [-0.4, -0.2) is 65.7 Å². The first-order chi connectivity index (χ1) is 14.1. The molecule has 9 nitrogen and oxygen atoms in total. The van der Waals surface area contributed by atoms with E-state index in [4.69, 9.17) is 0 Å². The van der Waals surface area contributed by atoms with E-state index in [1.165, 1.54) is 0 Å². The molecule has 0 spiro atoms. The molecule has 3 rings (SSSR count). The molecule has 0 radical (unpaired) electrons. The van der Waals surface area contributed by atoms with Gasteiger partial charge in [0.05, 0.1) is 11.9 Å². The van der Waals surface area contributed by atoms with Crippen molar-refractivity contribution in [3.63, 3.8) is 0 Å². The molecular weight excluding hydrogens is 497 g/mol. The number of amides is 2. The minimum absolute atomic E-state index is 0. The minimum atomic E-state index is -0.0331. The number of aromatic nitrogens is 2. The van der Waals surface area contributed by atoms with Crippen molar-refractivity contribution in [3.05, 3.63) is 48.3 Å². The Bertz CT molecular complexity index is 869. The maximum atomic E-state index is 12.5. The monoisotopic (exact) mass is 525 g/mol. The van der Waals surface area contributed by atoms with Crippen molar-refractivity contribution in [1.82, 2.24) is 25.3 Å². The third-order valence-electron chi connectivity index (χ3n) is 4.70. The van der Waals surface area contributed by atoms with Gasteiger partial charge in [0.25, 0.3) is 0 Å². The van der Waals surface area contributed by atoms with Crippen LogP contribution in [0.1, 0.15) is 12.0 Å². The summed E-state index contributed by atoms with van der Waals surface area (Å²) >= 11 is 0. The van der Waals surface area contributed by atoms with Crippen LogP contribution in [0.4, 0.5) is 5.69 Å². The van der Waals surface area contributed by atoms with E-state index >= 15 is 0 Å². The number of aliphatic imine (C=N–C) groups is 1. The van der Waals surface area contributed by atoms with Crippen molar-refractivity contribution in [3.8, 4) is 0 Å². The van der Waals surface area contributed by atoms with Gasteiger partial charge < -0.3 is 20.4 Å². The van der Waals surface area contributed by atoms with Gasteiger partial charge in [-0.1, -0.05) is 30.3 Å². The maximum Gasteiger partial charge on any atom is 0.246 e. The van der Waals surface area contributed by atoms with E-state index in [-0.39, 0.29) is 42.3 Å². The molecule has 0 saturated carbocycles. The largest absolute Gasteiger partial charge is 0.356 e. The van der Waals surface area contributed by atoms with Crippen LogP contribution in [0, 0.1) is 0 Å². The summed E-state index contributed by atoms with van der Waals surface area (Å²) in [6.07, 6.45) is 3.85. The number of benzene rings is 1. The zero-order chi connectivity index (χ0) is 20.6. The smallest absolute Gasteiger partial charge is 0.246 e. The normalized spacial score (nSPS) is 14.3. The van der Waals surface area contributed by atoms with Crippen molar-refractivity contribution in [2.45, 2.75) is 13.0 Å². The van der Waals surface area contributed by atoms with Gasteiger partial charge in [0.1, 0.15) is 6.54 Å². The van der Waals surface area contributed by atoms with Gasteiger partial charge in [-0.3, -0.25) is 19.3 Å². The zero-order valence-corrected chi connectivity index (χ0v) is 19.6. The molecule has 2 heterocycles. The van der Waals surface area contributed by atoms with E-state index < -0.39 is 0 Å². The molecule has 1 aromatic heterocycles. The van der Waals surface area contributed by atoms with E-state index in [1.54, 1.807) is 22.8 Å². The lowest BCUT2D eigenvalue weighted by Gasteiger charge is -2.35. The van der Waals surface area contributed by atoms with Crippen molar-refractivity contribution in [1.29, 1.82) is 0 Å². The summed E-state index contributed by atoms with van der Waals surface area (Å²) in [7, 11) is 3.50. The Morgan fingerprint density at radius 1 is 1.20 bits per heavy atom. The number of piperazine rings is 1. The van der Waals surface area contributed by atoms with Crippen LogP contribution >= 0.6 is 24.0 Å². The van der Waals surface area contributed by atoms with Gasteiger partial charge in [-0.2, -0.15) is 5.10 Å². The summed E-state index contributed by atoms with van der Waals surface area (Å²) in [6.45, 7) is 2.40. The van der Waals surface area contributed by atoms with Gasteiger partial charge in [0.15, 0.2) is 5.96 Å². The van der Waals surface area contributed by atoms with E-state index in [1.807, 2.05) is 48.5 Å². The summed E-state index contributed by atoms with van der Waals surface area (Å²) in [6, 6.07) is 9.79. The third kappa shape index (κ3) is 6.44. The average Bonchev–Trinajstić information content (AvgIpc) is 3.16. The number of nitrogens with zero attached hydrogens (tertiary/aromatic N) is 5. The molecule has 1 fully saturated rings. The third-order valence-corrected chi connectivity index (χ3v) is 4.70. The maximum absolute atomic E-state index is 12.5. The first kappa shape index (κ1) is 23.6. The quantitative estimate of drug-likeness (QED) is 0.333.